The molecule has 0 aliphatic carbocycles. The van der Waals surface area contributed by atoms with Crippen molar-refractivity contribution in [3.8, 4) is 0 Å². The van der Waals surface area contributed by atoms with Crippen LogP contribution in [0.25, 0.3) is 5.65 Å². The highest BCUT2D eigenvalue weighted by molar-refractivity contribution is 6.32. The van der Waals surface area contributed by atoms with E-state index in [4.69, 9.17) is 22.1 Å². The maximum absolute atomic E-state index is 10.3. The first-order chi connectivity index (χ1) is 9.65. The molecule has 1 unspecified atom stereocenters. The number of nitrogens with zero attached hydrogens (tertiary/aromatic N) is 3. The molecule has 20 heavy (non-hydrogen) atoms. The van der Waals surface area contributed by atoms with E-state index in [0.29, 0.717) is 29.4 Å². The number of nitrogen functional groups attached to an aromatic ring is 1. The number of nitrogens with one attached hydrogen (secondary N) is 1. The number of hydrogen-bond donors (Lipinski definition) is 3. The van der Waals surface area contributed by atoms with Crippen LogP contribution in [0, 0.1) is 0 Å². The van der Waals surface area contributed by atoms with Crippen LogP contribution in [0.15, 0.2) is 12.4 Å². The number of aliphatic hydroxyl groups is 1. The first kappa shape index (κ1) is 13.6. The Morgan fingerprint density at radius 3 is 3.00 bits per heavy atom. The molecule has 0 amide bonds. The maximum atomic E-state index is 10.3. The fraction of sp³-hybridized carbons (Fsp3) is 0.500. The highest BCUT2D eigenvalue weighted by atomic mass is 35.5. The first-order valence-electron chi connectivity index (χ1n) is 6.46. The largest absolute Gasteiger partial charge is 0.382 e. The molecule has 0 spiro atoms. The minimum absolute atomic E-state index is 0.221. The van der Waals surface area contributed by atoms with Crippen molar-refractivity contribution in [2.24, 2.45) is 0 Å². The Hall–Kier alpha value is -1.41. The van der Waals surface area contributed by atoms with Gasteiger partial charge in [-0.3, -0.25) is 5.32 Å². The molecule has 3 rings (SSSR count). The summed E-state index contributed by atoms with van der Waals surface area (Å²) in [6.45, 7) is 1.42. The summed E-state index contributed by atoms with van der Waals surface area (Å²) >= 11 is 5.89. The van der Waals surface area contributed by atoms with Gasteiger partial charge in [-0.05, 0) is 12.8 Å². The minimum atomic E-state index is -0.844. The van der Waals surface area contributed by atoms with Gasteiger partial charge in [0.05, 0.1) is 18.0 Å². The third-order valence-electron chi connectivity index (χ3n) is 3.41. The number of anilines is 1. The monoisotopic (exact) mass is 297 g/mol. The standard InChI is InChI=1S/C12H16ClN5O2/c13-9-6-18-11(17-10(9)14)8(5-15-18)12(19)16-7-1-3-20-4-2-7/h5-7,12,16,19H,1-4H2,(H2,14,17). The Bertz CT molecular complexity index is 611. The van der Waals surface area contributed by atoms with Gasteiger partial charge < -0.3 is 15.6 Å². The van der Waals surface area contributed by atoms with Gasteiger partial charge in [-0.25, -0.2) is 9.50 Å². The quantitative estimate of drug-likeness (QED) is 0.722. The molecule has 2 aromatic heterocycles. The topological polar surface area (TPSA) is 97.7 Å². The van der Waals surface area contributed by atoms with Crippen molar-refractivity contribution in [3.05, 3.63) is 23.0 Å². The molecule has 8 heteroatoms. The van der Waals surface area contributed by atoms with E-state index >= 15 is 0 Å². The molecule has 108 valence electrons. The average Bonchev–Trinajstić information content (AvgIpc) is 2.83. The Kier molecular flexibility index (Phi) is 3.75. The molecule has 2 aromatic rings. The minimum Gasteiger partial charge on any atom is -0.382 e. The predicted octanol–water partition coefficient (Wildman–Crippen LogP) is 0.724. The van der Waals surface area contributed by atoms with Crippen molar-refractivity contribution in [1.29, 1.82) is 0 Å². The highest BCUT2D eigenvalue weighted by Gasteiger charge is 2.21. The Labute approximate surface area is 120 Å². The van der Waals surface area contributed by atoms with Crippen LogP contribution in [0.3, 0.4) is 0 Å². The lowest BCUT2D eigenvalue weighted by atomic mass is 10.1. The molecule has 0 aromatic carbocycles. The number of halogens is 1. The van der Waals surface area contributed by atoms with Gasteiger partial charge in [0.1, 0.15) is 17.1 Å². The van der Waals surface area contributed by atoms with E-state index in [2.05, 4.69) is 15.4 Å². The lowest BCUT2D eigenvalue weighted by Gasteiger charge is -2.25. The summed E-state index contributed by atoms with van der Waals surface area (Å²) in [6.07, 6.45) is 4.04. The van der Waals surface area contributed by atoms with Crippen LogP contribution in [0.1, 0.15) is 24.6 Å². The molecule has 7 nitrogen and oxygen atoms in total. The van der Waals surface area contributed by atoms with Gasteiger partial charge >= 0.3 is 0 Å². The molecule has 1 atom stereocenters. The zero-order chi connectivity index (χ0) is 14.1. The van der Waals surface area contributed by atoms with E-state index in [9.17, 15) is 5.11 Å². The normalized spacial score (nSPS) is 18.5. The van der Waals surface area contributed by atoms with Crippen LogP contribution in [0.2, 0.25) is 5.02 Å². The number of aliphatic hydroxyl groups excluding tert-OH is 1. The second-order valence-electron chi connectivity index (χ2n) is 4.80. The summed E-state index contributed by atoms with van der Waals surface area (Å²) in [6, 6.07) is 0.221. The van der Waals surface area contributed by atoms with E-state index in [1.54, 1.807) is 12.4 Å². The molecule has 0 saturated carbocycles. The van der Waals surface area contributed by atoms with Crippen molar-refractivity contribution >= 4 is 23.1 Å². The lowest BCUT2D eigenvalue weighted by Crippen LogP contribution is -2.37. The van der Waals surface area contributed by atoms with Gasteiger partial charge in [-0.2, -0.15) is 5.10 Å². The van der Waals surface area contributed by atoms with Crippen molar-refractivity contribution < 1.29 is 9.84 Å². The molecule has 0 bridgehead atoms. The molecule has 3 heterocycles. The molecule has 1 fully saturated rings. The third kappa shape index (κ3) is 2.57. The van der Waals surface area contributed by atoms with Gasteiger partial charge in [0.25, 0.3) is 0 Å². The van der Waals surface area contributed by atoms with Gasteiger partial charge in [0.2, 0.25) is 0 Å². The molecule has 1 aliphatic rings. The average molecular weight is 298 g/mol. The number of aromatic nitrogens is 3. The maximum Gasteiger partial charge on any atom is 0.164 e. The number of fused-ring (bicyclic) bond motifs is 1. The van der Waals surface area contributed by atoms with Crippen molar-refractivity contribution in [3.63, 3.8) is 0 Å². The van der Waals surface area contributed by atoms with Crippen molar-refractivity contribution in [2.45, 2.75) is 25.1 Å². The van der Waals surface area contributed by atoms with Crippen LogP contribution in [-0.2, 0) is 4.74 Å². The van der Waals surface area contributed by atoms with E-state index in [-0.39, 0.29) is 11.9 Å². The highest BCUT2D eigenvalue weighted by Crippen LogP contribution is 2.22. The zero-order valence-electron chi connectivity index (χ0n) is 10.8. The van der Waals surface area contributed by atoms with Crippen LogP contribution in [-0.4, -0.2) is 39.0 Å². The van der Waals surface area contributed by atoms with Crippen molar-refractivity contribution in [1.82, 2.24) is 19.9 Å². The second-order valence-corrected chi connectivity index (χ2v) is 5.21. The van der Waals surface area contributed by atoms with Gasteiger partial charge in [-0.1, -0.05) is 11.6 Å². The fourth-order valence-corrected chi connectivity index (χ4v) is 2.43. The molecule has 1 aliphatic heterocycles. The Balaban J connectivity index is 1.83. The van der Waals surface area contributed by atoms with Crippen LogP contribution in [0.5, 0.6) is 0 Å². The predicted molar refractivity (Wildman–Crippen MR) is 74.3 cm³/mol. The first-order valence-corrected chi connectivity index (χ1v) is 6.84. The summed E-state index contributed by atoms with van der Waals surface area (Å²) in [7, 11) is 0. The summed E-state index contributed by atoms with van der Waals surface area (Å²) in [4.78, 5) is 4.17. The van der Waals surface area contributed by atoms with Crippen LogP contribution >= 0.6 is 11.6 Å². The number of rotatable bonds is 3. The van der Waals surface area contributed by atoms with Gasteiger partial charge in [0.15, 0.2) is 5.65 Å². The van der Waals surface area contributed by atoms with Gasteiger partial charge in [0, 0.05) is 19.3 Å². The number of ether oxygens (including phenoxy) is 1. The van der Waals surface area contributed by atoms with Crippen LogP contribution < -0.4 is 11.1 Å². The van der Waals surface area contributed by atoms with E-state index in [1.807, 2.05) is 0 Å². The molecular weight excluding hydrogens is 282 g/mol. The summed E-state index contributed by atoms with van der Waals surface area (Å²) < 4.78 is 6.79. The van der Waals surface area contributed by atoms with E-state index < -0.39 is 6.23 Å². The summed E-state index contributed by atoms with van der Waals surface area (Å²) in [5.41, 5.74) is 6.78. The fourth-order valence-electron chi connectivity index (χ4n) is 2.29. The van der Waals surface area contributed by atoms with Crippen LogP contribution in [0.4, 0.5) is 5.82 Å². The van der Waals surface area contributed by atoms with E-state index in [1.165, 1.54) is 4.52 Å². The molecular formula is C12H16ClN5O2. The van der Waals surface area contributed by atoms with Crippen molar-refractivity contribution in [2.75, 3.05) is 18.9 Å². The van der Waals surface area contributed by atoms with E-state index in [0.717, 1.165) is 12.8 Å². The SMILES string of the molecule is Nc1nc2c(C(O)NC3CCOCC3)cnn2cc1Cl. The zero-order valence-corrected chi connectivity index (χ0v) is 11.5. The molecule has 1 saturated heterocycles. The smallest absolute Gasteiger partial charge is 0.164 e. The molecule has 4 N–H and O–H groups in total. The lowest BCUT2D eigenvalue weighted by molar-refractivity contribution is 0.0495. The number of hydrogen-bond acceptors (Lipinski definition) is 6. The number of nitrogens with two attached hydrogens (primary N) is 1. The summed E-state index contributed by atoms with van der Waals surface area (Å²) in [5.74, 6) is 0.221. The Morgan fingerprint density at radius 1 is 1.50 bits per heavy atom. The third-order valence-corrected chi connectivity index (χ3v) is 3.70. The summed E-state index contributed by atoms with van der Waals surface area (Å²) in [5, 5.41) is 17.9. The van der Waals surface area contributed by atoms with Gasteiger partial charge in [-0.15, -0.1) is 0 Å². The Morgan fingerprint density at radius 2 is 2.25 bits per heavy atom. The second kappa shape index (κ2) is 5.53. The molecule has 0 radical (unpaired) electrons.